The van der Waals surface area contributed by atoms with Crippen molar-refractivity contribution in [3.63, 3.8) is 0 Å². The number of carbonyl (C=O) groups excluding carboxylic acids is 1. The van der Waals surface area contributed by atoms with Gasteiger partial charge in [-0.2, -0.15) is 5.26 Å². The number of ketones is 1. The molecule has 0 bridgehead atoms. The van der Waals surface area contributed by atoms with Gasteiger partial charge in [0.15, 0.2) is 5.78 Å². The first-order valence-electron chi connectivity index (χ1n) is 5.18. The zero-order chi connectivity index (χ0) is 11.3. The van der Waals surface area contributed by atoms with Crippen LogP contribution in [0.25, 0.3) is 0 Å². The van der Waals surface area contributed by atoms with Crippen molar-refractivity contribution in [2.45, 2.75) is 32.6 Å². The van der Waals surface area contributed by atoms with Crippen LogP contribution in [0.15, 0.2) is 24.3 Å². The second kappa shape index (κ2) is 5.31. The summed E-state index contributed by atoms with van der Waals surface area (Å²) >= 11 is 0. The second-order valence-corrected chi connectivity index (χ2v) is 3.69. The smallest absolute Gasteiger partial charge is 0.154 e. The van der Waals surface area contributed by atoms with Crippen molar-refractivity contribution in [2.75, 3.05) is 0 Å². The molecule has 0 saturated carbocycles. The molecule has 1 aromatic rings. The molecule has 0 aliphatic rings. The number of hydrogen-bond acceptors (Lipinski definition) is 2. The van der Waals surface area contributed by atoms with E-state index in [9.17, 15) is 4.79 Å². The van der Waals surface area contributed by atoms with Gasteiger partial charge >= 0.3 is 0 Å². The molecule has 2 nitrogen and oxygen atoms in total. The van der Waals surface area contributed by atoms with Crippen LogP contribution >= 0.6 is 0 Å². The second-order valence-electron chi connectivity index (χ2n) is 3.69. The highest BCUT2D eigenvalue weighted by Gasteiger charge is 2.18. The zero-order valence-corrected chi connectivity index (χ0v) is 9.16. The Labute approximate surface area is 90.5 Å². The van der Waals surface area contributed by atoms with Crippen molar-refractivity contribution in [1.29, 1.82) is 5.26 Å². The van der Waals surface area contributed by atoms with Gasteiger partial charge in [0.05, 0.1) is 6.07 Å². The van der Waals surface area contributed by atoms with Crippen molar-refractivity contribution in [3.8, 4) is 6.07 Å². The molecule has 78 valence electrons. The van der Waals surface area contributed by atoms with Gasteiger partial charge in [-0.15, -0.1) is 0 Å². The van der Waals surface area contributed by atoms with Gasteiger partial charge in [0.2, 0.25) is 0 Å². The molecule has 0 aromatic heterocycles. The number of nitrogens with zero attached hydrogens (tertiary/aromatic N) is 1. The fourth-order valence-corrected chi connectivity index (χ4v) is 1.57. The first kappa shape index (κ1) is 11.5. The van der Waals surface area contributed by atoms with Crippen LogP contribution in [-0.4, -0.2) is 5.78 Å². The summed E-state index contributed by atoms with van der Waals surface area (Å²) in [5.41, 5.74) is 1.90. The van der Waals surface area contributed by atoms with Crippen LogP contribution < -0.4 is 0 Å². The molecular formula is C13H15NO. The monoisotopic (exact) mass is 201 g/mol. The van der Waals surface area contributed by atoms with E-state index < -0.39 is 5.92 Å². The van der Waals surface area contributed by atoms with E-state index in [0.29, 0.717) is 6.42 Å². The van der Waals surface area contributed by atoms with E-state index in [2.05, 4.69) is 6.07 Å². The fourth-order valence-electron chi connectivity index (χ4n) is 1.57. The van der Waals surface area contributed by atoms with E-state index >= 15 is 0 Å². The molecule has 0 spiro atoms. The van der Waals surface area contributed by atoms with E-state index in [1.165, 1.54) is 0 Å². The summed E-state index contributed by atoms with van der Waals surface area (Å²) in [7, 11) is 0. The van der Waals surface area contributed by atoms with Crippen molar-refractivity contribution < 1.29 is 4.79 Å². The maximum absolute atomic E-state index is 11.7. The standard InChI is InChI=1S/C13H15NO/c1-3-5-13(15)12(9-14)11-7-4-6-10(2)8-11/h4,6-8,12H,3,5H2,1-2H3. The lowest BCUT2D eigenvalue weighted by atomic mass is 9.93. The van der Waals surface area contributed by atoms with Crippen LogP contribution in [0.4, 0.5) is 0 Å². The molecule has 0 aliphatic carbocycles. The molecule has 15 heavy (non-hydrogen) atoms. The van der Waals surface area contributed by atoms with E-state index in [4.69, 9.17) is 5.26 Å². The van der Waals surface area contributed by atoms with E-state index in [-0.39, 0.29) is 5.78 Å². The predicted octanol–water partition coefficient (Wildman–Crippen LogP) is 2.97. The lowest BCUT2D eigenvalue weighted by Crippen LogP contribution is -2.10. The largest absolute Gasteiger partial charge is 0.298 e. The third-order valence-corrected chi connectivity index (χ3v) is 2.32. The summed E-state index contributed by atoms with van der Waals surface area (Å²) in [6.45, 7) is 3.91. The van der Waals surface area contributed by atoms with Crippen LogP contribution in [-0.2, 0) is 4.79 Å². The van der Waals surface area contributed by atoms with Gasteiger partial charge < -0.3 is 0 Å². The first-order chi connectivity index (χ1) is 7.19. The van der Waals surface area contributed by atoms with E-state index in [1.807, 2.05) is 38.1 Å². The Morgan fingerprint density at radius 2 is 2.27 bits per heavy atom. The third kappa shape index (κ3) is 2.92. The molecule has 0 saturated heterocycles. The van der Waals surface area contributed by atoms with Gasteiger partial charge in [-0.25, -0.2) is 0 Å². The molecule has 1 rings (SSSR count). The Bertz CT molecular complexity index is 390. The van der Waals surface area contributed by atoms with Gasteiger partial charge in [0.25, 0.3) is 0 Å². The summed E-state index contributed by atoms with van der Waals surface area (Å²) in [5.74, 6) is -0.574. The summed E-state index contributed by atoms with van der Waals surface area (Å²) < 4.78 is 0. The number of benzene rings is 1. The number of carbonyl (C=O) groups is 1. The molecule has 1 atom stereocenters. The van der Waals surface area contributed by atoms with Crippen molar-refractivity contribution >= 4 is 5.78 Å². The number of aryl methyl sites for hydroxylation is 1. The highest BCUT2D eigenvalue weighted by Crippen LogP contribution is 2.19. The molecule has 1 aromatic carbocycles. The van der Waals surface area contributed by atoms with Gasteiger partial charge in [-0.1, -0.05) is 36.8 Å². The lowest BCUT2D eigenvalue weighted by molar-refractivity contribution is -0.119. The summed E-state index contributed by atoms with van der Waals surface area (Å²) in [6, 6.07) is 9.67. The van der Waals surface area contributed by atoms with Gasteiger partial charge in [0.1, 0.15) is 5.92 Å². The normalized spacial score (nSPS) is 11.8. The number of hydrogen-bond donors (Lipinski definition) is 0. The Hall–Kier alpha value is -1.62. The fraction of sp³-hybridized carbons (Fsp3) is 0.385. The van der Waals surface area contributed by atoms with E-state index in [1.54, 1.807) is 0 Å². The van der Waals surface area contributed by atoms with Gasteiger partial charge in [-0.3, -0.25) is 4.79 Å². The lowest BCUT2D eigenvalue weighted by Gasteiger charge is -2.08. The average Bonchev–Trinajstić information content (AvgIpc) is 2.19. The number of nitriles is 1. The third-order valence-electron chi connectivity index (χ3n) is 2.32. The maximum Gasteiger partial charge on any atom is 0.154 e. The molecule has 0 amide bonds. The highest BCUT2D eigenvalue weighted by molar-refractivity contribution is 5.88. The first-order valence-corrected chi connectivity index (χ1v) is 5.18. The quantitative estimate of drug-likeness (QED) is 0.751. The molecule has 0 fully saturated rings. The molecule has 0 aliphatic heterocycles. The minimum Gasteiger partial charge on any atom is -0.298 e. The molecule has 1 unspecified atom stereocenters. The predicted molar refractivity (Wildman–Crippen MR) is 59.4 cm³/mol. The Kier molecular flexibility index (Phi) is 4.05. The van der Waals surface area contributed by atoms with Crippen LogP contribution in [0.1, 0.15) is 36.8 Å². The van der Waals surface area contributed by atoms with Crippen molar-refractivity contribution in [3.05, 3.63) is 35.4 Å². The molecule has 0 radical (unpaired) electrons. The Morgan fingerprint density at radius 1 is 1.53 bits per heavy atom. The van der Waals surface area contributed by atoms with Gasteiger partial charge in [0, 0.05) is 6.42 Å². The van der Waals surface area contributed by atoms with Crippen LogP contribution in [0.3, 0.4) is 0 Å². The summed E-state index contributed by atoms with van der Waals surface area (Å²) in [4.78, 5) is 11.7. The van der Waals surface area contributed by atoms with Crippen LogP contribution in [0.5, 0.6) is 0 Å². The minimum atomic E-state index is -0.593. The highest BCUT2D eigenvalue weighted by atomic mass is 16.1. The molecule has 0 N–H and O–H groups in total. The van der Waals surface area contributed by atoms with Gasteiger partial charge in [-0.05, 0) is 18.9 Å². The molecular weight excluding hydrogens is 186 g/mol. The number of rotatable bonds is 4. The zero-order valence-electron chi connectivity index (χ0n) is 9.16. The van der Waals surface area contributed by atoms with Crippen molar-refractivity contribution in [1.82, 2.24) is 0 Å². The summed E-state index contributed by atoms with van der Waals surface area (Å²) in [5, 5.41) is 9.00. The minimum absolute atomic E-state index is 0.0191. The number of Topliss-reactive ketones (excluding diaryl/α,β-unsaturated/α-hetero) is 1. The Morgan fingerprint density at radius 3 is 2.80 bits per heavy atom. The van der Waals surface area contributed by atoms with Crippen molar-refractivity contribution in [2.24, 2.45) is 0 Å². The van der Waals surface area contributed by atoms with Crippen LogP contribution in [0, 0.1) is 18.3 Å². The van der Waals surface area contributed by atoms with E-state index in [0.717, 1.165) is 17.5 Å². The molecule has 0 heterocycles. The molecule has 2 heteroatoms. The Balaban J connectivity index is 2.93. The maximum atomic E-state index is 11.7. The average molecular weight is 201 g/mol. The topological polar surface area (TPSA) is 40.9 Å². The summed E-state index contributed by atoms with van der Waals surface area (Å²) in [6.07, 6.45) is 1.27. The van der Waals surface area contributed by atoms with Crippen LogP contribution in [0.2, 0.25) is 0 Å². The SMILES string of the molecule is CCCC(=O)C(C#N)c1cccc(C)c1.